The van der Waals surface area contributed by atoms with Crippen LogP contribution in [0.15, 0.2) is 24.3 Å². The van der Waals surface area contributed by atoms with Crippen LogP contribution in [0.2, 0.25) is 0 Å². The zero-order chi connectivity index (χ0) is 12.9. The van der Waals surface area contributed by atoms with Gasteiger partial charge >= 0.3 is 12.3 Å². The van der Waals surface area contributed by atoms with Crippen molar-refractivity contribution in [1.82, 2.24) is 5.43 Å². The summed E-state index contributed by atoms with van der Waals surface area (Å²) in [6.45, 7) is 1.85. The van der Waals surface area contributed by atoms with Gasteiger partial charge in [0.05, 0.1) is 17.9 Å². The topological polar surface area (TPSA) is 50.4 Å². The van der Waals surface area contributed by atoms with E-state index in [-0.39, 0.29) is 6.61 Å². The second-order valence-corrected chi connectivity index (χ2v) is 3.05. The molecular weight excluding hydrogens is 237 g/mol. The quantitative estimate of drug-likeness (QED) is 0.808. The Labute approximate surface area is 95.7 Å². The van der Waals surface area contributed by atoms with Gasteiger partial charge in [-0.25, -0.2) is 10.2 Å². The zero-order valence-electron chi connectivity index (χ0n) is 8.97. The number of halogens is 3. The number of nitrogens with one attached hydrogen (secondary N) is 2. The molecule has 1 rings (SSSR count). The lowest BCUT2D eigenvalue weighted by Gasteiger charge is -2.10. The molecule has 0 saturated carbocycles. The maximum atomic E-state index is 12.2. The highest BCUT2D eigenvalue weighted by Crippen LogP contribution is 2.29. The molecule has 1 amide bonds. The van der Waals surface area contributed by atoms with Gasteiger partial charge in [-0.1, -0.05) is 0 Å². The summed E-state index contributed by atoms with van der Waals surface area (Å²) in [6, 6.07) is 4.23. The summed E-state index contributed by atoms with van der Waals surface area (Å²) >= 11 is 0. The van der Waals surface area contributed by atoms with Gasteiger partial charge in [0, 0.05) is 0 Å². The third-order valence-electron chi connectivity index (χ3n) is 1.80. The molecule has 17 heavy (non-hydrogen) atoms. The van der Waals surface area contributed by atoms with Crippen LogP contribution in [0.25, 0.3) is 0 Å². The number of hydrazine groups is 1. The molecule has 0 saturated heterocycles. The van der Waals surface area contributed by atoms with Gasteiger partial charge in [0.1, 0.15) is 0 Å². The van der Waals surface area contributed by atoms with Crippen molar-refractivity contribution in [3.63, 3.8) is 0 Å². The Morgan fingerprint density at radius 2 is 1.88 bits per heavy atom. The van der Waals surface area contributed by atoms with E-state index in [1.165, 1.54) is 12.1 Å². The summed E-state index contributed by atoms with van der Waals surface area (Å²) in [7, 11) is 0. The number of amides is 1. The van der Waals surface area contributed by atoms with Crippen molar-refractivity contribution in [3.05, 3.63) is 29.8 Å². The number of benzene rings is 1. The fourth-order valence-corrected chi connectivity index (χ4v) is 1.03. The molecule has 0 atom stereocenters. The third-order valence-corrected chi connectivity index (χ3v) is 1.80. The van der Waals surface area contributed by atoms with Gasteiger partial charge in [0.2, 0.25) is 0 Å². The predicted octanol–water partition coefficient (Wildman–Crippen LogP) is 2.78. The Balaban J connectivity index is 2.54. The third kappa shape index (κ3) is 4.21. The highest BCUT2D eigenvalue weighted by molar-refractivity contribution is 5.69. The monoisotopic (exact) mass is 248 g/mol. The lowest BCUT2D eigenvalue weighted by molar-refractivity contribution is -0.137. The van der Waals surface area contributed by atoms with E-state index in [0.717, 1.165) is 12.1 Å². The van der Waals surface area contributed by atoms with E-state index < -0.39 is 17.8 Å². The normalized spacial score (nSPS) is 10.8. The Bertz CT molecular complexity index is 376. The highest BCUT2D eigenvalue weighted by atomic mass is 19.4. The van der Waals surface area contributed by atoms with Crippen LogP contribution in [0.1, 0.15) is 12.5 Å². The summed E-state index contributed by atoms with van der Waals surface area (Å²) in [6.07, 6.45) is -5.07. The van der Waals surface area contributed by atoms with Crippen LogP contribution >= 0.6 is 0 Å². The van der Waals surface area contributed by atoms with E-state index in [0.29, 0.717) is 5.69 Å². The van der Waals surface area contributed by atoms with Crippen molar-refractivity contribution in [1.29, 1.82) is 0 Å². The first-order chi connectivity index (χ1) is 7.93. The van der Waals surface area contributed by atoms with Crippen molar-refractivity contribution in [2.75, 3.05) is 12.0 Å². The molecule has 0 bridgehead atoms. The number of ether oxygens (including phenoxy) is 1. The molecule has 2 N–H and O–H groups in total. The van der Waals surface area contributed by atoms with E-state index >= 15 is 0 Å². The van der Waals surface area contributed by atoms with Crippen molar-refractivity contribution < 1.29 is 22.7 Å². The lowest BCUT2D eigenvalue weighted by atomic mass is 10.2. The maximum absolute atomic E-state index is 12.2. The summed E-state index contributed by atoms with van der Waals surface area (Å²) in [5, 5.41) is 0. The Morgan fingerprint density at radius 1 is 1.29 bits per heavy atom. The molecule has 0 unspecified atom stereocenters. The van der Waals surface area contributed by atoms with Crippen LogP contribution in [-0.4, -0.2) is 12.7 Å². The molecule has 94 valence electrons. The molecule has 1 aromatic rings. The maximum Gasteiger partial charge on any atom is 0.425 e. The van der Waals surface area contributed by atoms with E-state index in [9.17, 15) is 18.0 Å². The molecule has 0 spiro atoms. The van der Waals surface area contributed by atoms with Crippen LogP contribution in [-0.2, 0) is 10.9 Å². The number of rotatable bonds is 3. The van der Waals surface area contributed by atoms with E-state index in [1.807, 2.05) is 0 Å². The molecular formula is C10H11F3N2O2. The molecule has 0 aliphatic heterocycles. The average Bonchev–Trinajstić information content (AvgIpc) is 2.26. The molecule has 0 aliphatic rings. The minimum absolute atomic E-state index is 0.209. The van der Waals surface area contributed by atoms with Crippen LogP contribution in [0.5, 0.6) is 0 Å². The standard InChI is InChI=1S/C10H11F3N2O2/c1-2-17-9(16)15-14-8-5-3-7(4-6-8)10(11,12)13/h3-6,14H,2H2,1H3,(H,15,16). The average molecular weight is 248 g/mol. The van der Waals surface area contributed by atoms with E-state index in [2.05, 4.69) is 15.6 Å². The smallest absolute Gasteiger partial charge is 0.425 e. The van der Waals surface area contributed by atoms with Gasteiger partial charge in [0.25, 0.3) is 0 Å². The second-order valence-electron chi connectivity index (χ2n) is 3.05. The first-order valence-corrected chi connectivity index (χ1v) is 4.79. The minimum atomic E-state index is -4.37. The van der Waals surface area contributed by atoms with Crippen LogP contribution in [0.3, 0.4) is 0 Å². The number of anilines is 1. The Kier molecular flexibility index (Phi) is 4.19. The zero-order valence-corrected chi connectivity index (χ0v) is 8.97. The molecule has 0 heterocycles. The number of hydrogen-bond donors (Lipinski definition) is 2. The van der Waals surface area contributed by atoms with Crippen molar-refractivity contribution >= 4 is 11.8 Å². The molecule has 7 heteroatoms. The second kappa shape index (κ2) is 5.42. The Hall–Kier alpha value is -1.92. The molecule has 0 radical (unpaired) electrons. The van der Waals surface area contributed by atoms with E-state index in [1.54, 1.807) is 6.92 Å². The number of alkyl halides is 3. The molecule has 4 nitrogen and oxygen atoms in total. The lowest BCUT2D eigenvalue weighted by Crippen LogP contribution is -2.29. The summed E-state index contributed by atoms with van der Waals surface area (Å²) in [4.78, 5) is 10.9. The van der Waals surface area contributed by atoms with Crippen LogP contribution < -0.4 is 10.9 Å². The van der Waals surface area contributed by atoms with Gasteiger partial charge in [-0.3, -0.25) is 5.43 Å². The molecule has 1 aromatic carbocycles. The largest absolute Gasteiger partial charge is 0.449 e. The number of carbonyl (C=O) groups is 1. The highest BCUT2D eigenvalue weighted by Gasteiger charge is 2.29. The summed E-state index contributed by atoms with van der Waals surface area (Å²) in [5.41, 5.74) is 4.16. The Morgan fingerprint density at radius 3 is 2.35 bits per heavy atom. The van der Waals surface area contributed by atoms with Gasteiger partial charge in [0.15, 0.2) is 0 Å². The fraction of sp³-hybridized carbons (Fsp3) is 0.300. The first kappa shape index (κ1) is 13.1. The number of hydrogen-bond acceptors (Lipinski definition) is 3. The summed E-state index contributed by atoms with van der Waals surface area (Å²) < 4.78 is 41.2. The van der Waals surface area contributed by atoms with Crippen LogP contribution in [0.4, 0.5) is 23.7 Å². The van der Waals surface area contributed by atoms with Gasteiger partial charge < -0.3 is 4.74 Å². The number of carbonyl (C=O) groups excluding carboxylic acids is 1. The minimum Gasteiger partial charge on any atom is -0.449 e. The van der Waals surface area contributed by atoms with E-state index in [4.69, 9.17) is 0 Å². The van der Waals surface area contributed by atoms with Gasteiger partial charge in [-0.2, -0.15) is 13.2 Å². The summed E-state index contributed by atoms with van der Waals surface area (Å²) in [5.74, 6) is 0. The van der Waals surface area contributed by atoms with Gasteiger partial charge in [-0.15, -0.1) is 0 Å². The molecule has 0 fully saturated rings. The van der Waals surface area contributed by atoms with Crippen molar-refractivity contribution in [2.45, 2.75) is 13.1 Å². The first-order valence-electron chi connectivity index (χ1n) is 4.79. The van der Waals surface area contributed by atoms with Crippen molar-refractivity contribution in [2.24, 2.45) is 0 Å². The molecule has 0 aromatic heterocycles. The SMILES string of the molecule is CCOC(=O)NNc1ccc(C(F)(F)F)cc1. The molecule has 0 aliphatic carbocycles. The van der Waals surface area contributed by atoms with Gasteiger partial charge in [-0.05, 0) is 31.2 Å². The van der Waals surface area contributed by atoms with Crippen molar-refractivity contribution in [3.8, 4) is 0 Å². The fourth-order valence-electron chi connectivity index (χ4n) is 1.03. The van der Waals surface area contributed by atoms with Crippen LogP contribution in [0, 0.1) is 0 Å². The predicted molar refractivity (Wildman–Crippen MR) is 55.2 cm³/mol.